The van der Waals surface area contributed by atoms with Gasteiger partial charge in [-0.15, -0.1) is 23.2 Å². The van der Waals surface area contributed by atoms with Crippen molar-refractivity contribution in [1.82, 2.24) is 0 Å². The number of carbonyl (C=O) groups is 2. The van der Waals surface area contributed by atoms with Crippen LogP contribution in [0.1, 0.15) is 25.8 Å². The van der Waals surface area contributed by atoms with Crippen LogP contribution in [0.2, 0.25) is 0 Å². The van der Waals surface area contributed by atoms with Crippen molar-refractivity contribution in [2.45, 2.75) is 31.2 Å². The lowest BCUT2D eigenvalue weighted by atomic mass is 10.1. The maximum atomic E-state index is 12.2. The smallest absolute Gasteiger partial charge is 0.336 e. The van der Waals surface area contributed by atoms with Gasteiger partial charge in [-0.1, -0.05) is 0 Å². The van der Waals surface area contributed by atoms with Crippen LogP contribution in [0.3, 0.4) is 0 Å². The van der Waals surface area contributed by atoms with E-state index in [1.165, 1.54) is 19.1 Å². The van der Waals surface area contributed by atoms with Gasteiger partial charge < -0.3 is 14.5 Å². The predicted octanol–water partition coefficient (Wildman–Crippen LogP) is 3.38. The molecule has 1 aliphatic rings. The molecule has 25 heavy (non-hydrogen) atoms. The number of hydrogen-bond acceptors (Lipinski definition) is 5. The summed E-state index contributed by atoms with van der Waals surface area (Å²) in [5.41, 5.74) is -0.249. The highest BCUT2D eigenvalue weighted by Gasteiger charge is 2.69. The van der Waals surface area contributed by atoms with E-state index in [0.717, 1.165) is 0 Å². The number of rotatable bonds is 4. The molecule has 0 aliphatic heterocycles. The van der Waals surface area contributed by atoms with E-state index in [-0.39, 0.29) is 18.1 Å². The Morgan fingerprint density at radius 1 is 1.32 bits per heavy atom. The number of anilines is 1. The molecule has 3 rings (SSSR count). The molecule has 1 aliphatic carbocycles. The Kier molecular flexibility index (Phi) is 4.29. The van der Waals surface area contributed by atoms with E-state index < -0.39 is 21.3 Å². The number of hydrogen-bond donors (Lipinski definition) is 1. The number of nitrogens with one attached hydrogen (secondary N) is 1. The molecule has 1 fully saturated rings. The molecular formula is C17H15Cl2NO5. The minimum Gasteiger partial charge on any atom is -0.460 e. The number of esters is 1. The summed E-state index contributed by atoms with van der Waals surface area (Å²) in [6, 6.07) is 6.14. The summed E-state index contributed by atoms with van der Waals surface area (Å²) < 4.78 is 9.33. The fourth-order valence-electron chi connectivity index (χ4n) is 2.55. The number of fused-ring (bicyclic) bond motifs is 1. The Morgan fingerprint density at radius 3 is 2.60 bits per heavy atom. The van der Waals surface area contributed by atoms with Crippen molar-refractivity contribution in [2.24, 2.45) is 5.41 Å². The van der Waals surface area contributed by atoms with Crippen molar-refractivity contribution in [1.29, 1.82) is 0 Å². The van der Waals surface area contributed by atoms with Crippen LogP contribution in [0.4, 0.5) is 5.69 Å². The minimum atomic E-state index is -1.12. The molecule has 0 unspecified atom stereocenters. The van der Waals surface area contributed by atoms with Gasteiger partial charge in [0, 0.05) is 42.1 Å². The van der Waals surface area contributed by atoms with Crippen LogP contribution in [0.25, 0.3) is 11.0 Å². The third kappa shape index (κ3) is 3.37. The number of ether oxygens (including phenoxy) is 1. The first-order valence-corrected chi connectivity index (χ1v) is 8.27. The Bertz CT molecular complexity index is 936. The van der Waals surface area contributed by atoms with E-state index in [0.29, 0.717) is 23.1 Å². The standard InChI is InChI=1S/C17H15Cl2NO5/c1-9(21)20-11-3-4-12-10(5-14(22)25-13(12)6-11)7-24-15(23)16(2)8-17(16,18)19/h3-6H,7-8H2,1-2H3,(H,20,21)/t16-/m1/s1. The molecule has 1 amide bonds. The van der Waals surface area contributed by atoms with Gasteiger partial charge in [0.25, 0.3) is 0 Å². The molecular weight excluding hydrogens is 369 g/mol. The first kappa shape index (κ1) is 17.8. The van der Waals surface area contributed by atoms with Gasteiger partial charge in [-0.25, -0.2) is 4.79 Å². The van der Waals surface area contributed by atoms with Crippen molar-refractivity contribution in [3.05, 3.63) is 40.2 Å². The van der Waals surface area contributed by atoms with Gasteiger partial charge in [-0.05, 0) is 19.1 Å². The maximum absolute atomic E-state index is 12.2. The van der Waals surface area contributed by atoms with E-state index >= 15 is 0 Å². The van der Waals surface area contributed by atoms with Crippen molar-refractivity contribution < 1.29 is 18.7 Å². The molecule has 132 valence electrons. The van der Waals surface area contributed by atoms with Gasteiger partial charge in [0.1, 0.15) is 21.9 Å². The third-order valence-corrected chi connectivity index (χ3v) is 5.32. The molecule has 0 bridgehead atoms. The van der Waals surface area contributed by atoms with Crippen molar-refractivity contribution in [3.8, 4) is 0 Å². The average Bonchev–Trinajstić information content (AvgIpc) is 3.03. The summed E-state index contributed by atoms with van der Waals surface area (Å²) in [6.07, 6.45) is 0.319. The molecule has 6 nitrogen and oxygen atoms in total. The van der Waals surface area contributed by atoms with E-state index in [9.17, 15) is 14.4 Å². The summed E-state index contributed by atoms with van der Waals surface area (Å²) in [6.45, 7) is 2.90. The van der Waals surface area contributed by atoms with Crippen LogP contribution >= 0.6 is 23.2 Å². The Hall–Kier alpha value is -2.05. The third-order valence-electron chi connectivity index (χ3n) is 4.22. The number of carbonyl (C=O) groups excluding carboxylic acids is 2. The fourth-order valence-corrected chi connectivity index (χ4v) is 3.24. The molecule has 1 atom stereocenters. The van der Waals surface area contributed by atoms with Gasteiger partial charge >= 0.3 is 11.6 Å². The molecule has 8 heteroatoms. The summed E-state index contributed by atoms with van der Waals surface area (Å²) >= 11 is 11.9. The van der Waals surface area contributed by atoms with Gasteiger partial charge in [0.05, 0.1) is 0 Å². The largest absolute Gasteiger partial charge is 0.460 e. The lowest BCUT2D eigenvalue weighted by Gasteiger charge is -2.13. The molecule has 0 saturated heterocycles. The van der Waals surface area contributed by atoms with E-state index in [1.54, 1.807) is 19.1 Å². The average molecular weight is 384 g/mol. The molecule has 0 radical (unpaired) electrons. The molecule has 1 aromatic heterocycles. The second-order valence-electron chi connectivity index (χ2n) is 6.27. The van der Waals surface area contributed by atoms with Crippen LogP contribution < -0.4 is 10.9 Å². The predicted molar refractivity (Wildman–Crippen MR) is 93.7 cm³/mol. The monoisotopic (exact) mass is 383 g/mol. The normalized spacial score (nSPS) is 21.0. The highest BCUT2D eigenvalue weighted by atomic mass is 35.5. The summed E-state index contributed by atoms with van der Waals surface area (Å²) in [4.78, 5) is 35.1. The minimum absolute atomic E-state index is 0.111. The molecule has 1 heterocycles. The van der Waals surface area contributed by atoms with Crippen LogP contribution in [0, 0.1) is 5.41 Å². The Morgan fingerprint density at radius 2 is 2.00 bits per heavy atom. The zero-order valence-corrected chi connectivity index (χ0v) is 15.0. The van der Waals surface area contributed by atoms with Gasteiger partial charge in [0.15, 0.2) is 0 Å². The zero-order chi connectivity index (χ0) is 18.4. The first-order valence-electron chi connectivity index (χ1n) is 7.52. The highest BCUT2D eigenvalue weighted by Crippen LogP contribution is 2.64. The Labute approximate surface area is 153 Å². The first-order chi connectivity index (χ1) is 11.6. The maximum Gasteiger partial charge on any atom is 0.336 e. The van der Waals surface area contributed by atoms with Crippen LogP contribution in [-0.4, -0.2) is 16.2 Å². The molecule has 1 aromatic carbocycles. The van der Waals surface area contributed by atoms with Gasteiger partial charge in [0.2, 0.25) is 5.91 Å². The summed E-state index contributed by atoms with van der Waals surface area (Å²) in [5.74, 6) is -0.760. The highest BCUT2D eigenvalue weighted by molar-refractivity contribution is 6.53. The van der Waals surface area contributed by atoms with Crippen molar-refractivity contribution in [3.63, 3.8) is 0 Å². The number of halogens is 2. The number of benzene rings is 1. The zero-order valence-electron chi connectivity index (χ0n) is 13.5. The van der Waals surface area contributed by atoms with E-state index in [4.69, 9.17) is 32.4 Å². The van der Waals surface area contributed by atoms with Crippen LogP contribution in [0.5, 0.6) is 0 Å². The summed E-state index contributed by atoms with van der Waals surface area (Å²) in [7, 11) is 0. The van der Waals surface area contributed by atoms with Gasteiger partial charge in [-0.2, -0.15) is 0 Å². The SMILES string of the molecule is CC(=O)Nc1ccc2c(COC(=O)[C@@]3(C)CC3(Cl)Cl)cc(=O)oc2c1. The fraction of sp³-hybridized carbons (Fsp3) is 0.353. The second-order valence-corrected chi connectivity index (χ2v) is 7.76. The quantitative estimate of drug-likeness (QED) is 0.496. The van der Waals surface area contributed by atoms with Crippen LogP contribution in [0.15, 0.2) is 33.5 Å². The molecule has 0 spiro atoms. The molecule has 1 N–H and O–H groups in total. The molecule has 1 saturated carbocycles. The summed E-state index contributed by atoms with van der Waals surface area (Å²) in [5, 5.41) is 3.21. The Balaban J connectivity index is 1.85. The topological polar surface area (TPSA) is 85.6 Å². The van der Waals surface area contributed by atoms with Crippen molar-refractivity contribution >= 4 is 51.7 Å². The lowest BCUT2D eigenvalue weighted by Crippen LogP contribution is -2.21. The van der Waals surface area contributed by atoms with E-state index in [1.807, 2.05) is 0 Å². The second kappa shape index (κ2) is 6.04. The van der Waals surface area contributed by atoms with Gasteiger partial charge in [-0.3, -0.25) is 9.59 Å². The lowest BCUT2D eigenvalue weighted by molar-refractivity contribution is -0.150. The number of amides is 1. The van der Waals surface area contributed by atoms with Crippen molar-refractivity contribution in [2.75, 3.05) is 5.32 Å². The van der Waals surface area contributed by atoms with E-state index in [2.05, 4.69) is 5.32 Å². The van der Waals surface area contributed by atoms with Crippen LogP contribution in [-0.2, 0) is 20.9 Å². The number of alkyl halides is 2. The molecule has 2 aromatic rings.